The Morgan fingerprint density at radius 2 is 1.86 bits per heavy atom. The van der Waals surface area contributed by atoms with Gasteiger partial charge in [0.1, 0.15) is 0 Å². The van der Waals surface area contributed by atoms with E-state index in [4.69, 9.17) is 0 Å². The third-order valence-corrected chi connectivity index (χ3v) is 3.81. The number of nitro groups is 1. The van der Waals surface area contributed by atoms with Crippen LogP contribution < -0.4 is 0 Å². The standard InChI is InChI=1S/C14H17NO6/c1-3-11(14(4-2,12(16)17)13(18)19)9-6-5-7-10(8-9)15(20)21/h5-8,11H,3-4H2,1-2H3,(H,16,17)(H,18,19). The van der Waals surface area contributed by atoms with Crippen LogP contribution in [0.25, 0.3) is 0 Å². The number of nitrogens with zero attached hydrogens (tertiary/aromatic N) is 1. The molecule has 114 valence electrons. The van der Waals surface area contributed by atoms with Crippen molar-refractivity contribution in [2.24, 2.45) is 5.41 Å². The van der Waals surface area contributed by atoms with Gasteiger partial charge in [0.25, 0.3) is 5.69 Å². The summed E-state index contributed by atoms with van der Waals surface area (Å²) in [5.74, 6) is -3.72. The van der Waals surface area contributed by atoms with Gasteiger partial charge in [-0.05, 0) is 18.4 Å². The van der Waals surface area contributed by atoms with Crippen molar-refractivity contribution in [1.29, 1.82) is 0 Å². The predicted octanol–water partition coefficient (Wildman–Crippen LogP) is 2.65. The monoisotopic (exact) mass is 295 g/mol. The second-order valence-corrected chi connectivity index (χ2v) is 4.75. The lowest BCUT2D eigenvalue weighted by molar-refractivity contribution is -0.385. The first-order chi connectivity index (χ1) is 9.81. The fourth-order valence-electron chi connectivity index (χ4n) is 2.66. The lowest BCUT2D eigenvalue weighted by atomic mass is 9.69. The number of hydrogen-bond acceptors (Lipinski definition) is 4. The van der Waals surface area contributed by atoms with Gasteiger partial charge in [-0.2, -0.15) is 0 Å². The number of rotatable bonds is 7. The number of carbonyl (C=O) groups is 2. The second kappa shape index (κ2) is 6.34. The lowest BCUT2D eigenvalue weighted by Crippen LogP contribution is -2.44. The normalized spacial score (nSPS) is 12.7. The number of hydrogen-bond donors (Lipinski definition) is 2. The lowest BCUT2D eigenvalue weighted by Gasteiger charge is -2.32. The van der Waals surface area contributed by atoms with Crippen LogP contribution in [0.2, 0.25) is 0 Å². The molecule has 1 aromatic rings. The van der Waals surface area contributed by atoms with Crippen LogP contribution in [-0.4, -0.2) is 27.1 Å². The molecule has 1 unspecified atom stereocenters. The molecule has 0 saturated carbocycles. The molecule has 0 heterocycles. The first kappa shape index (κ1) is 16.6. The van der Waals surface area contributed by atoms with Gasteiger partial charge in [-0.25, -0.2) is 0 Å². The van der Waals surface area contributed by atoms with Gasteiger partial charge < -0.3 is 10.2 Å². The average molecular weight is 295 g/mol. The molecule has 7 nitrogen and oxygen atoms in total. The van der Waals surface area contributed by atoms with E-state index in [-0.39, 0.29) is 18.5 Å². The Balaban J connectivity index is 3.46. The average Bonchev–Trinajstić information content (AvgIpc) is 2.43. The molecular formula is C14H17NO6. The Kier molecular flexibility index (Phi) is 5.02. The molecule has 0 radical (unpaired) electrons. The van der Waals surface area contributed by atoms with Crippen molar-refractivity contribution in [2.75, 3.05) is 0 Å². The van der Waals surface area contributed by atoms with E-state index >= 15 is 0 Å². The highest BCUT2D eigenvalue weighted by Gasteiger charge is 2.51. The van der Waals surface area contributed by atoms with Crippen LogP contribution in [0.5, 0.6) is 0 Å². The second-order valence-electron chi connectivity index (χ2n) is 4.75. The summed E-state index contributed by atoms with van der Waals surface area (Å²) in [4.78, 5) is 33.4. The first-order valence-electron chi connectivity index (χ1n) is 6.52. The molecular weight excluding hydrogens is 278 g/mol. The smallest absolute Gasteiger partial charge is 0.321 e. The largest absolute Gasteiger partial charge is 0.480 e. The summed E-state index contributed by atoms with van der Waals surface area (Å²) in [6.45, 7) is 3.15. The minimum Gasteiger partial charge on any atom is -0.480 e. The fourth-order valence-corrected chi connectivity index (χ4v) is 2.66. The molecule has 21 heavy (non-hydrogen) atoms. The van der Waals surface area contributed by atoms with Crippen LogP contribution in [0.1, 0.15) is 38.2 Å². The van der Waals surface area contributed by atoms with Crippen molar-refractivity contribution >= 4 is 17.6 Å². The van der Waals surface area contributed by atoms with Gasteiger partial charge in [0.05, 0.1) is 4.92 Å². The highest BCUT2D eigenvalue weighted by Crippen LogP contribution is 2.42. The number of nitro benzene ring substituents is 1. The Bertz CT molecular complexity index is 554. The Morgan fingerprint density at radius 1 is 1.29 bits per heavy atom. The third-order valence-electron chi connectivity index (χ3n) is 3.81. The van der Waals surface area contributed by atoms with Gasteiger partial charge in [-0.1, -0.05) is 26.0 Å². The van der Waals surface area contributed by atoms with E-state index in [1.165, 1.54) is 31.2 Å². The van der Waals surface area contributed by atoms with Crippen LogP contribution in [-0.2, 0) is 9.59 Å². The molecule has 0 aliphatic rings. The molecule has 0 spiro atoms. The van der Waals surface area contributed by atoms with Crippen LogP contribution in [0.3, 0.4) is 0 Å². The minimum absolute atomic E-state index is 0.112. The molecule has 1 atom stereocenters. The molecule has 0 saturated heterocycles. The van der Waals surface area contributed by atoms with Crippen LogP contribution in [0.15, 0.2) is 24.3 Å². The van der Waals surface area contributed by atoms with E-state index in [0.717, 1.165) is 0 Å². The number of carboxylic acid groups (broad SMARTS) is 2. The number of aliphatic carboxylic acids is 2. The van der Waals surface area contributed by atoms with Crippen molar-refractivity contribution < 1.29 is 24.7 Å². The summed E-state index contributed by atoms with van der Waals surface area (Å²) in [5, 5.41) is 29.7. The third kappa shape index (κ3) is 2.86. The quantitative estimate of drug-likeness (QED) is 0.453. The van der Waals surface area contributed by atoms with E-state index in [9.17, 15) is 29.9 Å². The molecule has 7 heteroatoms. The van der Waals surface area contributed by atoms with Gasteiger partial charge in [-0.15, -0.1) is 0 Å². The van der Waals surface area contributed by atoms with Crippen molar-refractivity contribution in [2.45, 2.75) is 32.6 Å². The molecule has 1 rings (SSSR count). The molecule has 1 aromatic carbocycles. The van der Waals surface area contributed by atoms with Gasteiger partial charge in [0.2, 0.25) is 0 Å². The zero-order chi connectivity index (χ0) is 16.2. The maximum Gasteiger partial charge on any atom is 0.321 e. The Labute approximate surface area is 121 Å². The van der Waals surface area contributed by atoms with Crippen LogP contribution in [0, 0.1) is 15.5 Å². The van der Waals surface area contributed by atoms with Gasteiger partial charge in [0.15, 0.2) is 5.41 Å². The molecule has 2 N–H and O–H groups in total. The summed E-state index contributed by atoms with van der Waals surface area (Å²) in [6.07, 6.45) is 0.131. The van der Waals surface area contributed by atoms with E-state index in [1.54, 1.807) is 6.92 Å². The maximum absolute atomic E-state index is 11.6. The number of benzene rings is 1. The molecule has 0 amide bonds. The van der Waals surface area contributed by atoms with E-state index in [1.807, 2.05) is 0 Å². The van der Waals surface area contributed by atoms with Crippen molar-refractivity contribution in [3.8, 4) is 0 Å². The predicted molar refractivity (Wildman–Crippen MR) is 74.1 cm³/mol. The fraction of sp³-hybridized carbons (Fsp3) is 0.429. The Morgan fingerprint density at radius 3 is 2.24 bits per heavy atom. The van der Waals surface area contributed by atoms with E-state index in [0.29, 0.717) is 5.56 Å². The first-order valence-corrected chi connectivity index (χ1v) is 6.52. The van der Waals surface area contributed by atoms with Crippen molar-refractivity contribution in [1.82, 2.24) is 0 Å². The highest BCUT2D eigenvalue weighted by molar-refractivity contribution is 5.99. The summed E-state index contributed by atoms with van der Waals surface area (Å²) >= 11 is 0. The van der Waals surface area contributed by atoms with Gasteiger partial charge >= 0.3 is 11.9 Å². The Hall–Kier alpha value is -2.44. The molecule has 0 fully saturated rings. The molecule has 0 aromatic heterocycles. The summed E-state index contributed by atoms with van der Waals surface area (Å²) in [6, 6.07) is 5.48. The number of carboxylic acids is 2. The van der Waals surface area contributed by atoms with E-state index in [2.05, 4.69) is 0 Å². The summed E-state index contributed by atoms with van der Waals surface area (Å²) < 4.78 is 0. The minimum atomic E-state index is -2.00. The topological polar surface area (TPSA) is 118 Å². The zero-order valence-corrected chi connectivity index (χ0v) is 11.8. The SMILES string of the molecule is CCC(c1cccc([N+](=O)[O-])c1)C(CC)(C(=O)O)C(=O)O. The van der Waals surface area contributed by atoms with Gasteiger partial charge in [-0.3, -0.25) is 19.7 Å². The highest BCUT2D eigenvalue weighted by atomic mass is 16.6. The zero-order valence-electron chi connectivity index (χ0n) is 11.8. The van der Waals surface area contributed by atoms with Crippen LogP contribution >= 0.6 is 0 Å². The van der Waals surface area contributed by atoms with Crippen LogP contribution in [0.4, 0.5) is 5.69 Å². The summed E-state index contributed by atoms with van der Waals surface area (Å²) in [7, 11) is 0. The molecule has 0 aliphatic carbocycles. The van der Waals surface area contributed by atoms with Crippen molar-refractivity contribution in [3.63, 3.8) is 0 Å². The maximum atomic E-state index is 11.6. The molecule has 0 bridgehead atoms. The van der Waals surface area contributed by atoms with Crippen molar-refractivity contribution in [3.05, 3.63) is 39.9 Å². The van der Waals surface area contributed by atoms with Gasteiger partial charge in [0, 0.05) is 18.1 Å². The summed E-state index contributed by atoms with van der Waals surface area (Å²) in [5.41, 5.74) is -1.84. The number of non-ortho nitro benzene ring substituents is 1. The molecule has 0 aliphatic heterocycles. The van der Waals surface area contributed by atoms with E-state index < -0.39 is 28.2 Å².